The van der Waals surface area contributed by atoms with E-state index < -0.39 is 0 Å². The maximum Gasteiger partial charge on any atom is 0.0583 e. The van der Waals surface area contributed by atoms with Gasteiger partial charge in [-0.15, -0.1) is 0 Å². The van der Waals surface area contributed by atoms with Gasteiger partial charge in [0.05, 0.1) is 11.7 Å². The topological polar surface area (TPSA) is 29.9 Å². The average molecular weight is 269 g/mol. The van der Waals surface area contributed by atoms with E-state index in [0.717, 1.165) is 24.8 Å². The summed E-state index contributed by atoms with van der Waals surface area (Å²) >= 11 is 2.03. The summed E-state index contributed by atoms with van der Waals surface area (Å²) in [6, 6.07) is 2.57. The van der Waals surface area contributed by atoms with Gasteiger partial charge in [-0.1, -0.05) is 20.8 Å². The van der Waals surface area contributed by atoms with E-state index >= 15 is 0 Å². The molecule has 0 saturated carbocycles. The lowest BCUT2D eigenvalue weighted by molar-refractivity contribution is 0.514. The van der Waals surface area contributed by atoms with Crippen LogP contribution in [0.15, 0.2) is 12.3 Å². The summed E-state index contributed by atoms with van der Waals surface area (Å²) in [4.78, 5) is 0. The number of hydrogen-bond acceptors (Lipinski definition) is 3. The fourth-order valence-electron chi connectivity index (χ4n) is 1.89. The number of thioether (sulfide) groups is 1. The summed E-state index contributed by atoms with van der Waals surface area (Å²) in [7, 11) is 0. The minimum Gasteiger partial charge on any atom is -0.308 e. The van der Waals surface area contributed by atoms with Gasteiger partial charge in [-0.25, -0.2) is 0 Å². The number of aryl methyl sites for hydroxylation is 1. The summed E-state index contributed by atoms with van der Waals surface area (Å²) in [6.45, 7) is 10.9. The molecule has 1 aromatic heterocycles. The van der Waals surface area contributed by atoms with Crippen LogP contribution in [0.4, 0.5) is 0 Å². The van der Waals surface area contributed by atoms with E-state index in [9.17, 15) is 0 Å². The van der Waals surface area contributed by atoms with Crippen LogP contribution < -0.4 is 5.32 Å². The number of aromatic nitrogens is 2. The van der Waals surface area contributed by atoms with Gasteiger partial charge in [0.2, 0.25) is 0 Å². The van der Waals surface area contributed by atoms with Gasteiger partial charge >= 0.3 is 0 Å². The Morgan fingerprint density at radius 2 is 2.11 bits per heavy atom. The van der Waals surface area contributed by atoms with E-state index in [1.54, 1.807) is 0 Å². The third-order valence-electron chi connectivity index (χ3n) is 2.78. The summed E-state index contributed by atoms with van der Waals surface area (Å²) in [5.41, 5.74) is 1.32. The second-order valence-electron chi connectivity index (χ2n) is 5.01. The van der Waals surface area contributed by atoms with Gasteiger partial charge in [-0.3, -0.25) is 4.68 Å². The molecule has 1 atom stereocenters. The van der Waals surface area contributed by atoms with Crippen molar-refractivity contribution in [2.75, 3.05) is 18.1 Å². The van der Waals surface area contributed by atoms with Crippen molar-refractivity contribution in [3.8, 4) is 0 Å². The van der Waals surface area contributed by atoms with Gasteiger partial charge in [0.1, 0.15) is 0 Å². The zero-order valence-corrected chi connectivity index (χ0v) is 13.0. The fraction of sp³-hybridized carbons (Fsp3) is 0.786. The Hall–Kier alpha value is -0.480. The molecular formula is C14H27N3S. The molecule has 1 unspecified atom stereocenters. The van der Waals surface area contributed by atoms with Crippen LogP contribution in [0.2, 0.25) is 0 Å². The Morgan fingerprint density at radius 1 is 1.33 bits per heavy atom. The fourth-order valence-corrected chi connectivity index (χ4v) is 3.02. The zero-order chi connectivity index (χ0) is 13.4. The molecule has 0 aromatic carbocycles. The summed E-state index contributed by atoms with van der Waals surface area (Å²) in [5.74, 6) is 3.12. The van der Waals surface area contributed by atoms with E-state index in [1.165, 1.54) is 17.9 Å². The van der Waals surface area contributed by atoms with Gasteiger partial charge in [-0.05, 0) is 37.6 Å². The van der Waals surface area contributed by atoms with Crippen LogP contribution in [0.1, 0.15) is 45.9 Å². The molecule has 0 amide bonds. The smallest absolute Gasteiger partial charge is 0.0583 e. The van der Waals surface area contributed by atoms with Crippen molar-refractivity contribution in [3.05, 3.63) is 18.0 Å². The Bertz CT molecular complexity index is 323. The number of rotatable bonds is 9. The lowest BCUT2D eigenvalue weighted by Gasteiger charge is -2.19. The highest BCUT2D eigenvalue weighted by atomic mass is 32.2. The maximum atomic E-state index is 4.37. The molecule has 0 fully saturated rings. The van der Waals surface area contributed by atoms with Crippen molar-refractivity contribution in [1.29, 1.82) is 0 Å². The van der Waals surface area contributed by atoms with Crippen LogP contribution in [0, 0.1) is 5.92 Å². The summed E-state index contributed by atoms with van der Waals surface area (Å²) < 4.78 is 2.10. The minimum absolute atomic E-state index is 0.427. The first-order valence-electron chi connectivity index (χ1n) is 7.01. The highest BCUT2D eigenvalue weighted by molar-refractivity contribution is 7.99. The second kappa shape index (κ2) is 8.59. The second-order valence-corrected chi connectivity index (χ2v) is 6.08. The van der Waals surface area contributed by atoms with Crippen LogP contribution in [0.3, 0.4) is 0 Å². The van der Waals surface area contributed by atoms with E-state index in [1.807, 2.05) is 18.0 Å². The van der Waals surface area contributed by atoms with Crippen LogP contribution in [0.5, 0.6) is 0 Å². The monoisotopic (exact) mass is 269 g/mol. The standard InChI is InChI=1S/C14H27N3S/c1-5-8-15-13(11-18-10-12(3)4)14-7-9-16-17(14)6-2/h7,9,12-13,15H,5-6,8,10-11H2,1-4H3. The predicted molar refractivity (Wildman–Crippen MR) is 81.1 cm³/mol. The molecule has 18 heavy (non-hydrogen) atoms. The molecule has 0 aliphatic rings. The molecule has 1 rings (SSSR count). The van der Waals surface area contributed by atoms with Gasteiger partial charge in [0.25, 0.3) is 0 Å². The molecule has 1 aromatic rings. The molecule has 0 spiro atoms. The average Bonchev–Trinajstić information content (AvgIpc) is 2.81. The minimum atomic E-state index is 0.427. The normalized spacial score (nSPS) is 13.2. The molecule has 3 nitrogen and oxygen atoms in total. The van der Waals surface area contributed by atoms with Crippen LogP contribution >= 0.6 is 11.8 Å². The van der Waals surface area contributed by atoms with Crippen molar-refractivity contribution in [2.45, 2.75) is 46.7 Å². The quantitative estimate of drug-likeness (QED) is 0.746. The molecule has 0 aliphatic carbocycles. The number of nitrogens with one attached hydrogen (secondary N) is 1. The third-order valence-corrected chi connectivity index (χ3v) is 4.25. The zero-order valence-electron chi connectivity index (χ0n) is 12.1. The molecule has 0 radical (unpaired) electrons. The number of nitrogens with zero attached hydrogens (tertiary/aromatic N) is 2. The molecule has 104 valence electrons. The van der Waals surface area contributed by atoms with Gasteiger partial charge in [0.15, 0.2) is 0 Å². The third kappa shape index (κ3) is 5.02. The van der Waals surface area contributed by atoms with E-state index in [0.29, 0.717) is 6.04 Å². The van der Waals surface area contributed by atoms with Crippen molar-refractivity contribution in [3.63, 3.8) is 0 Å². The van der Waals surface area contributed by atoms with Gasteiger partial charge in [-0.2, -0.15) is 16.9 Å². The Labute approximate surface area is 116 Å². The highest BCUT2D eigenvalue weighted by Crippen LogP contribution is 2.20. The van der Waals surface area contributed by atoms with Crippen LogP contribution in [0.25, 0.3) is 0 Å². The van der Waals surface area contributed by atoms with E-state index in [-0.39, 0.29) is 0 Å². The van der Waals surface area contributed by atoms with E-state index in [4.69, 9.17) is 0 Å². The first kappa shape index (κ1) is 15.6. The van der Waals surface area contributed by atoms with Gasteiger partial charge in [0, 0.05) is 18.5 Å². The molecule has 0 bridgehead atoms. The molecule has 4 heteroatoms. The Balaban J connectivity index is 2.59. The van der Waals surface area contributed by atoms with Crippen LogP contribution in [-0.4, -0.2) is 27.8 Å². The van der Waals surface area contributed by atoms with E-state index in [2.05, 4.69) is 48.9 Å². The molecular weight excluding hydrogens is 242 g/mol. The molecule has 1 heterocycles. The van der Waals surface area contributed by atoms with Crippen molar-refractivity contribution < 1.29 is 0 Å². The van der Waals surface area contributed by atoms with Crippen molar-refractivity contribution >= 4 is 11.8 Å². The largest absolute Gasteiger partial charge is 0.308 e. The van der Waals surface area contributed by atoms with Crippen LogP contribution in [-0.2, 0) is 6.54 Å². The molecule has 1 N–H and O–H groups in total. The number of hydrogen-bond donors (Lipinski definition) is 1. The van der Waals surface area contributed by atoms with Crippen molar-refractivity contribution in [2.24, 2.45) is 5.92 Å². The molecule has 0 saturated heterocycles. The lowest BCUT2D eigenvalue weighted by atomic mass is 10.2. The first-order chi connectivity index (χ1) is 8.69. The SMILES string of the molecule is CCCNC(CSCC(C)C)c1ccnn1CC. The van der Waals surface area contributed by atoms with Crippen molar-refractivity contribution in [1.82, 2.24) is 15.1 Å². The highest BCUT2D eigenvalue weighted by Gasteiger charge is 2.15. The Kier molecular flexibility index (Phi) is 7.44. The summed E-state index contributed by atoms with van der Waals surface area (Å²) in [6.07, 6.45) is 3.08. The Morgan fingerprint density at radius 3 is 2.72 bits per heavy atom. The summed E-state index contributed by atoms with van der Waals surface area (Å²) in [5, 5.41) is 8.01. The molecule has 0 aliphatic heterocycles. The lowest BCUT2D eigenvalue weighted by Crippen LogP contribution is -2.27. The van der Waals surface area contributed by atoms with Gasteiger partial charge < -0.3 is 5.32 Å². The maximum absolute atomic E-state index is 4.37. The first-order valence-corrected chi connectivity index (χ1v) is 8.17. The predicted octanol–water partition coefficient (Wildman–Crippen LogP) is 3.33.